The molecule has 1 aromatic rings. The third kappa shape index (κ3) is 3.13. The molecule has 0 aliphatic heterocycles. The second-order valence-electron chi connectivity index (χ2n) is 4.90. The summed E-state index contributed by atoms with van der Waals surface area (Å²) in [6.45, 7) is 1.98. The molecule has 2 atom stereocenters. The lowest BCUT2D eigenvalue weighted by Crippen LogP contribution is -2.42. The monoisotopic (exact) mass is 251 g/mol. The van der Waals surface area contributed by atoms with E-state index in [0.29, 0.717) is 5.76 Å². The van der Waals surface area contributed by atoms with Gasteiger partial charge >= 0.3 is 0 Å². The molecule has 2 unspecified atom stereocenters. The summed E-state index contributed by atoms with van der Waals surface area (Å²) in [5.41, 5.74) is 0. The highest BCUT2D eigenvalue weighted by atomic mass is 16.3. The van der Waals surface area contributed by atoms with Gasteiger partial charge in [0.2, 0.25) is 0 Å². The summed E-state index contributed by atoms with van der Waals surface area (Å²) in [6.07, 6.45) is 5.17. The molecule has 4 nitrogen and oxygen atoms in total. The molecular weight excluding hydrogens is 230 g/mol. The zero-order valence-electron chi connectivity index (χ0n) is 10.8. The fraction of sp³-hybridized carbons (Fsp3) is 0.643. The third-order valence-corrected chi connectivity index (χ3v) is 3.53. The van der Waals surface area contributed by atoms with Crippen LogP contribution < -0.4 is 5.32 Å². The first-order valence-corrected chi connectivity index (χ1v) is 6.78. The molecule has 1 fully saturated rings. The van der Waals surface area contributed by atoms with E-state index < -0.39 is 6.10 Å². The highest BCUT2D eigenvalue weighted by Gasteiger charge is 2.24. The van der Waals surface area contributed by atoms with E-state index in [1.165, 1.54) is 0 Å². The summed E-state index contributed by atoms with van der Waals surface area (Å²) in [5, 5.41) is 12.8. The Hall–Kier alpha value is -1.29. The number of furan rings is 1. The number of hydrogen-bond donors (Lipinski definition) is 2. The normalized spacial score (nSPS) is 24.6. The summed E-state index contributed by atoms with van der Waals surface area (Å²) < 4.78 is 5.41. The van der Waals surface area contributed by atoms with Gasteiger partial charge in [-0.3, -0.25) is 4.79 Å². The van der Waals surface area contributed by atoms with Crippen LogP contribution in [0.3, 0.4) is 0 Å². The smallest absolute Gasteiger partial charge is 0.287 e. The maximum absolute atomic E-state index is 12.0. The lowest BCUT2D eigenvalue weighted by molar-refractivity contribution is 0.0793. The summed E-state index contributed by atoms with van der Waals surface area (Å²) in [7, 11) is 0. The van der Waals surface area contributed by atoms with Crippen molar-refractivity contribution in [1.29, 1.82) is 0 Å². The Bertz CT molecular complexity index is 399. The Morgan fingerprint density at radius 3 is 2.89 bits per heavy atom. The number of aliphatic hydroxyl groups is 1. The van der Waals surface area contributed by atoms with Crippen molar-refractivity contribution in [2.24, 2.45) is 0 Å². The number of aliphatic hydroxyl groups excluding tert-OH is 1. The fourth-order valence-corrected chi connectivity index (χ4v) is 2.39. The number of nitrogens with one attached hydrogen (secondary N) is 1. The van der Waals surface area contributed by atoms with Crippen molar-refractivity contribution in [1.82, 2.24) is 5.32 Å². The first kappa shape index (κ1) is 13.1. The molecule has 4 heteroatoms. The zero-order chi connectivity index (χ0) is 13.0. The van der Waals surface area contributed by atoms with Crippen LogP contribution in [0.25, 0.3) is 0 Å². The Labute approximate surface area is 107 Å². The lowest BCUT2D eigenvalue weighted by atomic mass is 10.1. The van der Waals surface area contributed by atoms with E-state index in [1.54, 1.807) is 6.07 Å². The summed E-state index contributed by atoms with van der Waals surface area (Å²) in [4.78, 5) is 12.0. The van der Waals surface area contributed by atoms with Crippen LogP contribution in [-0.2, 0) is 6.42 Å². The molecule has 0 saturated heterocycles. The SMILES string of the molecule is CCc1ccc(C(=O)NC2CCCCCC2O)o1. The van der Waals surface area contributed by atoms with Crippen molar-refractivity contribution in [2.75, 3.05) is 0 Å². The molecule has 1 heterocycles. The van der Waals surface area contributed by atoms with Crippen molar-refractivity contribution in [2.45, 2.75) is 57.6 Å². The molecule has 2 rings (SSSR count). The van der Waals surface area contributed by atoms with Gasteiger partial charge in [0.15, 0.2) is 5.76 Å². The van der Waals surface area contributed by atoms with E-state index in [1.807, 2.05) is 13.0 Å². The average molecular weight is 251 g/mol. The molecule has 1 aromatic heterocycles. The van der Waals surface area contributed by atoms with Crippen molar-refractivity contribution in [3.8, 4) is 0 Å². The summed E-state index contributed by atoms with van der Waals surface area (Å²) >= 11 is 0. The first-order valence-electron chi connectivity index (χ1n) is 6.78. The van der Waals surface area contributed by atoms with E-state index in [0.717, 1.165) is 44.3 Å². The molecule has 0 radical (unpaired) electrons. The van der Waals surface area contributed by atoms with Gasteiger partial charge in [0.1, 0.15) is 5.76 Å². The van der Waals surface area contributed by atoms with E-state index in [-0.39, 0.29) is 11.9 Å². The van der Waals surface area contributed by atoms with Crippen molar-refractivity contribution in [3.63, 3.8) is 0 Å². The van der Waals surface area contributed by atoms with Crippen molar-refractivity contribution >= 4 is 5.91 Å². The van der Waals surface area contributed by atoms with Gasteiger partial charge < -0.3 is 14.8 Å². The maximum atomic E-state index is 12.0. The second-order valence-corrected chi connectivity index (χ2v) is 4.90. The standard InChI is InChI=1S/C14H21NO3/c1-2-10-8-9-13(18-10)14(17)15-11-6-4-3-5-7-12(11)16/h8-9,11-12,16H,2-7H2,1H3,(H,15,17). The minimum atomic E-state index is -0.433. The van der Waals surface area contributed by atoms with Crippen molar-refractivity contribution in [3.05, 3.63) is 23.7 Å². The lowest BCUT2D eigenvalue weighted by Gasteiger charge is -2.21. The third-order valence-electron chi connectivity index (χ3n) is 3.53. The quantitative estimate of drug-likeness (QED) is 0.810. The van der Waals surface area contributed by atoms with Crippen LogP contribution in [-0.4, -0.2) is 23.2 Å². The van der Waals surface area contributed by atoms with Gasteiger partial charge in [-0.15, -0.1) is 0 Å². The number of hydrogen-bond acceptors (Lipinski definition) is 3. The van der Waals surface area contributed by atoms with Crippen LogP contribution in [0.5, 0.6) is 0 Å². The second kappa shape index (κ2) is 6.05. The van der Waals surface area contributed by atoms with E-state index >= 15 is 0 Å². The molecule has 0 bridgehead atoms. The topological polar surface area (TPSA) is 62.5 Å². The predicted octanol–water partition coefficient (Wildman–Crippen LogP) is 2.27. The minimum Gasteiger partial charge on any atom is -0.456 e. The van der Waals surface area contributed by atoms with Gasteiger partial charge in [-0.1, -0.05) is 26.2 Å². The van der Waals surface area contributed by atoms with Gasteiger partial charge in [0.25, 0.3) is 5.91 Å². The molecule has 2 N–H and O–H groups in total. The molecule has 18 heavy (non-hydrogen) atoms. The number of carbonyl (C=O) groups excluding carboxylic acids is 1. The van der Waals surface area contributed by atoms with Gasteiger partial charge in [0.05, 0.1) is 12.1 Å². The first-order chi connectivity index (χ1) is 8.70. The van der Waals surface area contributed by atoms with Crippen LogP contribution in [0, 0.1) is 0 Å². The molecule has 1 aliphatic carbocycles. The van der Waals surface area contributed by atoms with E-state index in [9.17, 15) is 9.90 Å². The maximum Gasteiger partial charge on any atom is 0.287 e. The van der Waals surface area contributed by atoms with Crippen LogP contribution in [0.4, 0.5) is 0 Å². The van der Waals surface area contributed by atoms with Gasteiger partial charge in [-0.2, -0.15) is 0 Å². The van der Waals surface area contributed by atoms with Gasteiger partial charge in [-0.05, 0) is 25.0 Å². The fourth-order valence-electron chi connectivity index (χ4n) is 2.39. The van der Waals surface area contributed by atoms with Crippen molar-refractivity contribution < 1.29 is 14.3 Å². The average Bonchev–Trinajstić information content (AvgIpc) is 2.77. The van der Waals surface area contributed by atoms with E-state index in [4.69, 9.17) is 4.42 Å². The molecule has 100 valence electrons. The minimum absolute atomic E-state index is 0.143. The van der Waals surface area contributed by atoms with E-state index in [2.05, 4.69) is 5.32 Å². The Morgan fingerprint density at radius 1 is 1.39 bits per heavy atom. The van der Waals surface area contributed by atoms with Crippen LogP contribution >= 0.6 is 0 Å². The summed E-state index contributed by atoms with van der Waals surface area (Å²) in [6, 6.07) is 3.37. The number of rotatable bonds is 3. The largest absolute Gasteiger partial charge is 0.456 e. The number of aryl methyl sites for hydroxylation is 1. The summed E-state index contributed by atoms with van der Waals surface area (Å²) in [5.74, 6) is 0.922. The highest BCUT2D eigenvalue weighted by molar-refractivity contribution is 5.91. The van der Waals surface area contributed by atoms with Gasteiger partial charge in [0, 0.05) is 6.42 Å². The molecule has 0 aromatic carbocycles. The molecule has 1 amide bonds. The number of amides is 1. The molecular formula is C14H21NO3. The predicted molar refractivity (Wildman–Crippen MR) is 68.4 cm³/mol. The van der Waals surface area contributed by atoms with Crippen LogP contribution in [0.2, 0.25) is 0 Å². The van der Waals surface area contributed by atoms with Gasteiger partial charge in [-0.25, -0.2) is 0 Å². The molecule has 1 aliphatic rings. The zero-order valence-corrected chi connectivity index (χ0v) is 10.8. The Balaban J connectivity index is 1.97. The number of carbonyl (C=O) groups is 1. The highest BCUT2D eigenvalue weighted by Crippen LogP contribution is 2.18. The molecule has 0 spiro atoms. The van der Waals surface area contributed by atoms with Crippen LogP contribution in [0.15, 0.2) is 16.5 Å². The Kier molecular flexibility index (Phi) is 4.42. The molecule has 1 saturated carbocycles. The van der Waals surface area contributed by atoms with Crippen LogP contribution in [0.1, 0.15) is 55.3 Å². The Morgan fingerprint density at radius 2 is 2.17 bits per heavy atom.